The SMILES string of the molecule is CCc1cccnc1C(N)Cc1ccccc1C. The first-order valence-electron chi connectivity index (χ1n) is 6.46. The van der Waals surface area contributed by atoms with Gasteiger partial charge in [-0.05, 0) is 42.5 Å². The highest BCUT2D eigenvalue weighted by atomic mass is 14.8. The van der Waals surface area contributed by atoms with Gasteiger partial charge in [0.25, 0.3) is 0 Å². The summed E-state index contributed by atoms with van der Waals surface area (Å²) in [5.41, 5.74) is 11.2. The minimum atomic E-state index is -0.0257. The lowest BCUT2D eigenvalue weighted by Gasteiger charge is -2.15. The van der Waals surface area contributed by atoms with Crippen molar-refractivity contribution in [2.75, 3.05) is 0 Å². The van der Waals surface area contributed by atoms with E-state index in [0.29, 0.717) is 0 Å². The molecule has 0 bridgehead atoms. The minimum absolute atomic E-state index is 0.0257. The van der Waals surface area contributed by atoms with Crippen LogP contribution in [-0.4, -0.2) is 4.98 Å². The Morgan fingerprint density at radius 1 is 1.11 bits per heavy atom. The standard InChI is InChI=1S/C16H20N2/c1-3-13-9-6-10-18-16(13)15(17)11-14-8-5-4-7-12(14)2/h4-10,15H,3,11,17H2,1-2H3. The molecule has 0 amide bonds. The Kier molecular flexibility index (Phi) is 4.11. The van der Waals surface area contributed by atoms with Crippen LogP contribution in [0.3, 0.4) is 0 Å². The van der Waals surface area contributed by atoms with Crippen LogP contribution >= 0.6 is 0 Å². The Morgan fingerprint density at radius 2 is 1.83 bits per heavy atom. The second kappa shape index (κ2) is 5.78. The van der Waals surface area contributed by atoms with Crippen molar-refractivity contribution in [1.29, 1.82) is 0 Å². The van der Waals surface area contributed by atoms with Crippen LogP contribution in [-0.2, 0) is 12.8 Å². The van der Waals surface area contributed by atoms with Gasteiger partial charge in [-0.2, -0.15) is 0 Å². The third kappa shape index (κ3) is 2.77. The third-order valence-electron chi connectivity index (χ3n) is 3.36. The Balaban J connectivity index is 2.22. The summed E-state index contributed by atoms with van der Waals surface area (Å²) in [4.78, 5) is 4.45. The molecular formula is C16H20N2. The van der Waals surface area contributed by atoms with E-state index >= 15 is 0 Å². The van der Waals surface area contributed by atoms with E-state index in [1.165, 1.54) is 16.7 Å². The number of hydrogen-bond acceptors (Lipinski definition) is 2. The predicted octanol–water partition coefficient (Wildman–Crippen LogP) is 3.19. The summed E-state index contributed by atoms with van der Waals surface area (Å²) in [5, 5.41) is 0. The van der Waals surface area contributed by atoms with Crippen LogP contribution < -0.4 is 5.73 Å². The molecule has 0 aliphatic rings. The summed E-state index contributed by atoms with van der Waals surface area (Å²) in [7, 11) is 0. The van der Waals surface area contributed by atoms with Crippen molar-refractivity contribution in [3.05, 3.63) is 65.0 Å². The topological polar surface area (TPSA) is 38.9 Å². The zero-order valence-corrected chi connectivity index (χ0v) is 11.1. The minimum Gasteiger partial charge on any atom is -0.322 e. The molecule has 2 heteroatoms. The molecule has 0 spiro atoms. The van der Waals surface area contributed by atoms with Gasteiger partial charge in [0, 0.05) is 6.20 Å². The molecule has 1 heterocycles. The third-order valence-corrected chi connectivity index (χ3v) is 3.36. The molecule has 1 atom stereocenters. The van der Waals surface area contributed by atoms with E-state index in [9.17, 15) is 0 Å². The number of benzene rings is 1. The van der Waals surface area contributed by atoms with E-state index in [1.807, 2.05) is 12.3 Å². The summed E-state index contributed by atoms with van der Waals surface area (Å²) >= 11 is 0. The van der Waals surface area contributed by atoms with E-state index in [1.54, 1.807) is 0 Å². The molecule has 1 unspecified atom stereocenters. The van der Waals surface area contributed by atoms with Crippen molar-refractivity contribution in [1.82, 2.24) is 4.98 Å². The van der Waals surface area contributed by atoms with Gasteiger partial charge < -0.3 is 5.73 Å². The molecule has 2 aromatic rings. The van der Waals surface area contributed by atoms with Gasteiger partial charge in [0.2, 0.25) is 0 Å². The quantitative estimate of drug-likeness (QED) is 0.891. The Morgan fingerprint density at radius 3 is 2.56 bits per heavy atom. The monoisotopic (exact) mass is 240 g/mol. The van der Waals surface area contributed by atoms with Crippen molar-refractivity contribution in [3.63, 3.8) is 0 Å². The highest BCUT2D eigenvalue weighted by Crippen LogP contribution is 2.20. The zero-order chi connectivity index (χ0) is 13.0. The van der Waals surface area contributed by atoms with Gasteiger partial charge in [-0.15, -0.1) is 0 Å². The normalized spacial score (nSPS) is 12.4. The fourth-order valence-corrected chi connectivity index (χ4v) is 2.26. The number of hydrogen-bond donors (Lipinski definition) is 1. The smallest absolute Gasteiger partial charge is 0.0606 e. The number of nitrogens with two attached hydrogens (primary N) is 1. The van der Waals surface area contributed by atoms with Crippen molar-refractivity contribution < 1.29 is 0 Å². The first-order valence-corrected chi connectivity index (χ1v) is 6.46. The lowest BCUT2D eigenvalue weighted by Crippen LogP contribution is -2.17. The fraction of sp³-hybridized carbons (Fsp3) is 0.312. The first kappa shape index (κ1) is 12.8. The highest BCUT2D eigenvalue weighted by molar-refractivity contribution is 5.29. The van der Waals surface area contributed by atoms with E-state index < -0.39 is 0 Å². The van der Waals surface area contributed by atoms with E-state index in [-0.39, 0.29) is 6.04 Å². The fourth-order valence-electron chi connectivity index (χ4n) is 2.26. The molecule has 1 aromatic carbocycles. The van der Waals surface area contributed by atoms with E-state index in [2.05, 4.69) is 49.2 Å². The van der Waals surface area contributed by atoms with Crippen molar-refractivity contribution in [3.8, 4) is 0 Å². The van der Waals surface area contributed by atoms with E-state index in [0.717, 1.165) is 18.5 Å². The highest BCUT2D eigenvalue weighted by Gasteiger charge is 2.12. The molecule has 2 N–H and O–H groups in total. The van der Waals surface area contributed by atoms with Gasteiger partial charge in [-0.25, -0.2) is 0 Å². The van der Waals surface area contributed by atoms with Crippen LogP contribution in [0.5, 0.6) is 0 Å². The summed E-state index contributed by atoms with van der Waals surface area (Å²) in [6.07, 6.45) is 3.65. The largest absolute Gasteiger partial charge is 0.322 e. The average Bonchev–Trinajstić information content (AvgIpc) is 2.41. The lowest BCUT2D eigenvalue weighted by molar-refractivity contribution is 0.683. The second-order valence-electron chi connectivity index (χ2n) is 4.64. The van der Waals surface area contributed by atoms with Crippen LogP contribution in [0.1, 0.15) is 35.3 Å². The Bertz CT molecular complexity index is 520. The lowest BCUT2D eigenvalue weighted by atomic mass is 9.97. The van der Waals surface area contributed by atoms with Crippen molar-refractivity contribution in [2.45, 2.75) is 32.7 Å². The molecule has 2 rings (SSSR count). The van der Waals surface area contributed by atoms with Crippen LogP contribution in [0, 0.1) is 6.92 Å². The molecule has 2 nitrogen and oxygen atoms in total. The molecular weight excluding hydrogens is 220 g/mol. The van der Waals surface area contributed by atoms with E-state index in [4.69, 9.17) is 5.73 Å². The maximum atomic E-state index is 6.31. The summed E-state index contributed by atoms with van der Waals surface area (Å²) < 4.78 is 0. The number of pyridine rings is 1. The second-order valence-corrected chi connectivity index (χ2v) is 4.64. The van der Waals surface area contributed by atoms with Gasteiger partial charge >= 0.3 is 0 Å². The average molecular weight is 240 g/mol. The molecule has 0 aliphatic carbocycles. The number of rotatable bonds is 4. The molecule has 94 valence electrons. The Hall–Kier alpha value is -1.67. The van der Waals surface area contributed by atoms with Crippen LogP contribution in [0.15, 0.2) is 42.6 Å². The van der Waals surface area contributed by atoms with Crippen LogP contribution in [0.4, 0.5) is 0 Å². The van der Waals surface area contributed by atoms with Gasteiger partial charge in [0.05, 0.1) is 11.7 Å². The van der Waals surface area contributed by atoms with Gasteiger partial charge in [0.1, 0.15) is 0 Å². The van der Waals surface area contributed by atoms with Crippen LogP contribution in [0.2, 0.25) is 0 Å². The molecule has 18 heavy (non-hydrogen) atoms. The first-order chi connectivity index (χ1) is 8.72. The summed E-state index contributed by atoms with van der Waals surface area (Å²) in [6, 6.07) is 12.5. The van der Waals surface area contributed by atoms with Gasteiger partial charge in [-0.3, -0.25) is 4.98 Å². The molecule has 0 saturated carbocycles. The number of nitrogens with zero attached hydrogens (tertiary/aromatic N) is 1. The molecule has 0 fully saturated rings. The Labute approximate surface area is 109 Å². The van der Waals surface area contributed by atoms with Crippen molar-refractivity contribution >= 4 is 0 Å². The van der Waals surface area contributed by atoms with Gasteiger partial charge in [-0.1, -0.05) is 37.3 Å². The molecule has 0 aliphatic heterocycles. The number of aromatic nitrogens is 1. The maximum absolute atomic E-state index is 6.31. The van der Waals surface area contributed by atoms with Crippen molar-refractivity contribution in [2.24, 2.45) is 5.73 Å². The summed E-state index contributed by atoms with van der Waals surface area (Å²) in [6.45, 7) is 4.27. The predicted molar refractivity (Wildman–Crippen MR) is 75.4 cm³/mol. The van der Waals surface area contributed by atoms with Gasteiger partial charge in [0.15, 0.2) is 0 Å². The summed E-state index contributed by atoms with van der Waals surface area (Å²) in [5.74, 6) is 0. The zero-order valence-electron chi connectivity index (χ0n) is 11.1. The molecule has 0 saturated heterocycles. The maximum Gasteiger partial charge on any atom is 0.0606 e. The van der Waals surface area contributed by atoms with Crippen LogP contribution in [0.25, 0.3) is 0 Å². The number of aryl methyl sites for hydroxylation is 2. The molecule has 1 aromatic heterocycles. The molecule has 0 radical (unpaired) electrons.